The van der Waals surface area contributed by atoms with Crippen LogP contribution in [0.2, 0.25) is 5.02 Å². The molecule has 0 radical (unpaired) electrons. The highest BCUT2D eigenvalue weighted by molar-refractivity contribution is 6.30. The lowest BCUT2D eigenvalue weighted by Crippen LogP contribution is -2.36. The number of aromatic nitrogens is 4. The van der Waals surface area contributed by atoms with Gasteiger partial charge in [0.2, 0.25) is 5.82 Å². The molecule has 47 heavy (non-hydrogen) atoms. The van der Waals surface area contributed by atoms with Crippen LogP contribution in [0, 0.1) is 23.2 Å². The Morgan fingerprint density at radius 1 is 0.979 bits per heavy atom. The number of Topliss-reactive ketones (excluding diaryl/α,β-unsaturated/α-hetero) is 1. The van der Waals surface area contributed by atoms with E-state index in [0.29, 0.717) is 35.0 Å². The Labute approximate surface area is 274 Å². The molecule has 9 rings (SSSR count). The summed E-state index contributed by atoms with van der Waals surface area (Å²) < 4.78 is 1.78. The number of nitrogens with one attached hydrogen (secondary N) is 1. The largest absolute Gasteiger partial charge is 0.389 e. The van der Waals surface area contributed by atoms with E-state index in [9.17, 15) is 15.0 Å². The first-order chi connectivity index (χ1) is 22.8. The molecule has 5 atom stereocenters. The highest BCUT2D eigenvalue weighted by atomic mass is 35.5. The maximum atomic E-state index is 12.6. The number of halogens is 1. The van der Waals surface area contributed by atoms with Crippen LogP contribution in [0.4, 0.5) is 5.82 Å². The van der Waals surface area contributed by atoms with Crippen molar-refractivity contribution in [2.75, 3.05) is 5.32 Å². The van der Waals surface area contributed by atoms with Crippen molar-refractivity contribution in [3.8, 4) is 11.8 Å². The lowest BCUT2D eigenvalue weighted by molar-refractivity contribution is -0.128. The molecule has 2 saturated carbocycles. The van der Waals surface area contributed by atoms with Gasteiger partial charge < -0.3 is 20.1 Å². The summed E-state index contributed by atoms with van der Waals surface area (Å²) in [6.45, 7) is 1.92. The lowest BCUT2D eigenvalue weighted by Gasteiger charge is -2.23. The average molecular weight is 638 g/mol. The van der Waals surface area contributed by atoms with E-state index in [1.165, 1.54) is 28.5 Å². The number of rotatable bonds is 5. The van der Waals surface area contributed by atoms with Gasteiger partial charge in [-0.05, 0) is 81.3 Å². The number of fused-ring (bicyclic) bond motifs is 2. The summed E-state index contributed by atoms with van der Waals surface area (Å²) in [7, 11) is 0. The van der Waals surface area contributed by atoms with Crippen LogP contribution in [-0.4, -0.2) is 47.7 Å². The monoisotopic (exact) mass is 637 g/mol. The van der Waals surface area contributed by atoms with Crippen LogP contribution in [0.1, 0.15) is 36.3 Å². The van der Waals surface area contributed by atoms with Gasteiger partial charge in [-0.1, -0.05) is 78.2 Å². The van der Waals surface area contributed by atoms with Crippen molar-refractivity contribution in [1.82, 2.24) is 19.5 Å². The number of aliphatic hydroxyl groups excluding tert-OH is 2. The zero-order valence-corrected chi connectivity index (χ0v) is 26.0. The summed E-state index contributed by atoms with van der Waals surface area (Å²) in [6, 6.07) is 26.0. The third-order valence-electron chi connectivity index (χ3n) is 10.3. The van der Waals surface area contributed by atoms with Gasteiger partial charge in [0.25, 0.3) is 0 Å². The second-order valence-electron chi connectivity index (χ2n) is 12.8. The smallest absolute Gasteiger partial charge is 0.209 e. The van der Waals surface area contributed by atoms with Gasteiger partial charge in [-0.3, -0.25) is 4.79 Å². The van der Waals surface area contributed by atoms with E-state index in [0.717, 1.165) is 21.9 Å². The van der Waals surface area contributed by atoms with Gasteiger partial charge in [0.1, 0.15) is 11.9 Å². The second kappa shape index (κ2) is 10.2. The number of hydrogen-bond donors (Lipinski definition) is 3. The zero-order chi connectivity index (χ0) is 32.0. The maximum Gasteiger partial charge on any atom is 0.209 e. The summed E-state index contributed by atoms with van der Waals surface area (Å²) in [6.07, 6.45) is -0.169. The van der Waals surface area contributed by atoms with E-state index in [1.807, 2.05) is 30.3 Å². The van der Waals surface area contributed by atoms with Crippen molar-refractivity contribution in [3.05, 3.63) is 107 Å². The summed E-state index contributed by atoms with van der Waals surface area (Å²) >= 11 is 6.24. The highest BCUT2D eigenvalue weighted by Crippen LogP contribution is 2.68. The Hall–Kier alpha value is -5.07. The molecule has 3 N–H and O–H groups in total. The fourth-order valence-corrected chi connectivity index (χ4v) is 8.10. The second-order valence-corrected chi connectivity index (χ2v) is 13.2. The summed E-state index contributed by atoms with van der Waals surface area (Å²) in [5.41, 5.74) is 1.86. The third kappa shape index (κ3) is 4.17. The molecule has 0 bridgehead atoms. The van der Waals surface area contributed by atoms with Crippen molar-refractivity contribution < 1.29 is 15.0 Å². The van der Waals surface area contributed by atoms with Gasteiger partial charge in [0, 0.05) is 17.1 Å². The first-order valence-electron chi connectivity index (χ1n) is 15.6. The third-order valence-corrected chi connectivity index (χ3v) is 10.5. The Balaban J connectivity index is 1.17. The van der Waals surface area contributed by atoms with Gasteiger partial charge in [-0.25, -0.2) is 15.0 Å². The number of hydrogen-bond acceptors (Lipinski definition) is 7. The molecular formula is C38H28ClN5O3. The van der Waals surface area contributed by atoms with E-state index in [-0.39, 0.29) is 17.5 Å². The molecule has 230 valence electrons. The van der Waals surface area contributed by atoms with Gasteiger partial charge >= 0.3 is 0 Å². The molecule has 2 aromatic heterocycles. The van der Waals surface area contributed by atoms with Crippen LogP contribution in [0.25, 0.3) is 43.5 Å². The van der Waals surface area contributed by atoms with Crippen LogP contribution < -0.4 is 5.32 Å². The fraction of sp³-hybridized carbons (Fsp3) is 0.211. The molecular weight excluding hydrogens is 610 g/mol. The van der Waals surface area contributed by atoms with Crippen LogP contribution in [0.5, 0.6) is 0 Å². The molecule has 5 aromatic carbocycles. The fourth-order valence-electron chi connectivity index (χ4n) is 7.89. The molecule has 0 amide bonds. The average Bonchev–Trinajstić information content (AvgIpc) is 3.62. The number of carbonyl (C=O) groups excluding carboxylic acids is 1. The number of ketones is 1. The standard InChI is InChI=1S/C38H28ClN5O3/c1-20(45)38-17-28(38)33(34(46)35(38)47)44-19-41-32-36(40-18-21-4-2-7-26(39)16-21)42-29(43-37(32)44)15-13-22-8-9-25-11-10-23-5-3-6-24-12-14-27(22)31(25)30(23)24/h2-12,14,16,19,28,33-35,46-47H,17-18H2,1H3,(H,40,42,43)/t28?,33-,34+,35?,38+/m1/s1. The number of imidazole rings is 1. The predicted molar refractivity (Wildman–Crippen MR) is 182 cm³/mol. The molecule has 0 saturated heterocycles. The molecule has 2 unspecified atom stereocenters. The quantitative estimate of drug-likeness (QED) is 0.151. The molecule has 9 heteroatoms. The van der Waals surface area contributed by atoms with Crippen LogP contribution in [0.3, 0.4) is 0 Å². The van der Waals surface area contributed by atoms with Crippen molar-refractivity contribution in [1.29, 1.82) is 0 Å². The van der Waals surface area contributed by atoms with E-state index in [1.54, 1.807) is 10.9 Å². The first kappa shape index (κ1) is 28.2. The molecule has 2 fully saturated rings. The Morgan fingerprint density at radius 2 is 1.72 bits per heavy atom. The van der Waals surface area contributed by atoms with Crippen molar-refractivity contribution >= 4 is 66.7 Å². The number of anilines is 1. The summed E-state index contributed by atoms with van der Waals surface area (Å²) in [5, 5.41) is 33.1. The van der Waals surface area contributed by atoms with Crippen molar-refractivity contribution in [2.45, 2.75) is 38.1 Å². The minimum Gasteiger partial charge on any atom is -0.389 e. The van der Waals surface area contributed by atoms with E-state index < -0.39 is 23.7 Å². The topological polar surface area (TPSA) is 113 Å². The molecule has 2 aliphatic rings. The minimum absolute atomic E-state index is 0.112. The van der Waals surface area contributed by atoms with E-state index >= 15 is 0 Å². The number of aliphatic hydroxyl groups is 2. The van der Waals surface area contributed by atoms with E-state index in [2.05, 4.69) is 70.7 Å². The molecule has 7 aromatic rings. The van der Waals surface area contributed by atoms with Crippen molar-refractivity contribution in [3.63, 3.8) is 0 Å². The Kier molecular flexibility index (Phi) is 6.12. The van der Waals surface area contributed by atoms with Gasteiger partial charge in [0.15, 0.2) is 17.0 Å². The molecule has 2 heterocycles. The predicted octanol–water partition coefficient (Wildman–Crippen LogP) is 6.26. The molecule has 8 nitrogen and oxygen atoms in total. The van der Waals surface area contributed by atoms with E-state index in [4.69, 9.17) is 21.6 Å². The van der Waals surface area contributed by atoms with Crippen LogP contribution in [0.15, 0.2) is 85.2 Å². The van der Waals surface area contributed by atoms with Gasteiger partial charge in [-0.15, -0.1) is 0 Å². The minimum atomic E-state index is -1.15. The first-order valence-corrected chi connectivity index (χ1v) is 16.0. The van der Waals surface area contributed by atoms with Crippen LogP contribution in [-0.2, 0) is 11.3 Å². The Morgan fingerprint density at radius 3 is 2.49 bits per heavy atom. The number of benzene rings is 5. The number of carbonyl (C=O) groups is 1. The lowest BCUT2D eigenvalue weighted by atomic mass is 9.92. The van der Waals surface area contributed by atoms with Gasteiger partial charge in [-0.2, -0.15) is 0 Å². The molecule has 2 aliphatic carbocycles. The Bertz CT molecular complexity index is 2470. The normalized spacial score (nSPS) is 23.3. The van der Waals surface area contributed by atoms with Gasteiger partial charge in [0.05, 0.1) is 23.9 Å². The SMILES string of the molecule is CC(=O)[C@@]12CC1[C@@H](n1cnc3c(NCc4cccc(Cl)c4)nc(C#Cc4ccc5ccc6cccc7ccc4c5c67)nc31)[C@H](O)C2O. The zero-order valence-electron chi connectivity index (χ0n) is 25.3. The molecule has 0 aliphatic heterocycles. The summed E-state index contributed by atoms with van der Waals surface area (Å²) in [4.78, 5) is 26.8. The highest BCUT2D eigenvalue weighted by Gasteiger charge is 2.74. The molecule has 0 spiro atoms. The number of nitrogens with zero attached hydrogens (tertiary/aromatic N) is 4. The maximum absolute atomic E-state index is 12.6. The van der Waals surface area contributed by atoms with Crippen molar-refractivity contribution in [2.24, 2.45) is 11.3 Å². The summed E-state index contributed by atoms with van der Waals surface area (Å²) in [5.74, 6) is 6.98. The van der Waals surface area contributed by atoms with Crippen LogP contribution >= 0.6 is 11.6 Å².